The number of carboxylic acid groups (broad SMARTS) is 1. The van der Waals surface area contributed by atoms with E-state index in [0.29, 0.717) is 18.8 Å². The van der Waals surface area contributed by atoms with Crippen LogP contribution in [0.25, 0.3) is 0 Å². The summed E-state index contributed by atoms with van der Waals surface area (Å²) in [5.41, 5.74) is 0.00601. The molecule has 2 aromatic carbocycles. The number of hydrogen-bond acceptors (Lipinski definition) is 6. The molecule has 0 atom stereocenters. The van der Waals surface area contributed by atoms with Gasteiger partial charge in [0.05, 0.1) is 21.0 Å². The molecule has 1 aliphatic heterocycles. The molecule has 148 valence electrons. The van der Waals surface area contributed by atoms with Crippen molar-refractivity contribution in [1.82, 2.24) is 4.72 Å². The SMILES string of the molecule is O=C(O)c1ccc(S(=O)(=O)Nc2cccc(S(=O)(=O)NC3=NCCC3)c2)cc1. The molecule has 0 bridgehead atoms. The molecule has 2 aromatic rings. The van der Waals surface area contributed by atoms with E-state index in [1.165, 1.54) is 36.4 Å². The third kappa shape index (κ3) is 4.49. The van der Waals surface area contributed by atoms with Crippen molar-refractivity contribution in [3.05, 3.63) is 54.1 Å². The standard InChI is InChI=1S/C17H17N3O6S2/c21-17(22)12-6-8-14(9-7-12)27(23,24)19-13-3-1-4-15(11-13)28(25,26)20-16-5-2-10-18-16/h1,3-4,6-9,11,19H,2,5,10H2,(H,18,20)(H,21,22). The van der Waals surface area contributed by atoms with Crippen molar-refractivity contribution >= 4 is 37.5 Å². The number of anilines is 1. The lowest BCUT2D eigenvalue weighted by atomic mass is 10.2. The fourth-order valence-electron chi connectivity index (χ4n) is 2.55. The van der Waals surface area contributed by atoms with E-state index in [4.69, 9.17) is 5.11 Å². The maximum absolute atomic E-state index is 12.5. The molecular formula is C17H17N3O6S2. The molecule has 0 aliphatic carbocycles. The van der Waals surface area contributed by atoms with Crippen LogP contribution in [0.5, 0.6) is 0 Å². The van der Waals surface area contributed by atoms with Crippen LogP contribution < -0.4 is 9.44 Å². The summed E-state index contributed by atoms with van der Waals surface area (Å²) in [6, 6.07) is 10.0. The molecule has 0 unspecified atom stereocenters. The quantitative estimate of drug-likeness (QED) is 0.645. The van der Waals surface area contributed by atoms with E-state index >= 15 is 0 Å². The van der Waals surface area contributed by atoms with Crippen LogP contribution in [-0.2, 0) is 20.0 Å². The van der Waals surface area contributed by atoms with Gasteiger partial charge in [-0.2, -0.15) is 0 Å². The van der Waals surface area contributed by atoms with E-state index in [0.717, 1.165) is 18.6 Å². The van der Waals surface area contributed by atoms with E-state index < -0.39 is 26.0 Å². The van der Waals surface area contributed by atoms with Gasteiger partial charge in [0.15, 0.2) is 0 Å². The van der Waals surface area contributed by atoms with Crippen LogP contribution in [0.4, 0.5) is 5.69 Å². The highest BCUT2D eigenvalue weighted by Gasteiger charge is 2.20. The molecule has 0 saturated carbocycles. The smallest absolute Gasteiger partial charge is 0.335 e. The molecular weight excluding hydrogens is 406 g/mol. The van der Waals surface area contributed by atoms with Crippen molar-refractivity contribution in [2.24, 2.45) is 4.99 Å². The largest absolute Gasteiger partial charge is 0.478 e. The highest BCUT2D eigenvalue weighted by molar-refractivity contribution is 7.92. The molecule has 0 radical (unpaired) electrons. The minimum atomic E-state index is -4.02. The second kappa shape index (κ2) is 7.60. The molecule has 0 amide bonds. The number of aliphatic imine (C=N–C) groups is 1. The number of sulfonamides is 2. The van der Waals surface area contributed by atoms with Gasteiger partial charge < -0.3 is 5.11 Å². The Morgan fingerprint density at radius 1 is 0.929 bits per heavy atom. The van der Waals surface area contributed by atoms with Gasteiger partial charge in [0.25, 0.3) is 20.0 Å². The zero-order valence-electron chi connectivity index (χ0n) is 14.5. The molecule has 3 N–H and O–H groups in total. The van der Waals surface area contributed by atoms with E-state index in [2.05, 4.69) is 14.4 Å². The minimum Gasteiger partial charge on any atom is -0.478 e. The lowest BCUT2D eigenvalue weighted by molar-refractivity contribution is 0.0696. The second-order valence-corrected chi connectivity index (χ2v) is 9.37. The maximum Gasteiger partial charge on any atom is 0.335 e. The molecule has 0 fully saturated rings. The number of amidine groups is 1. The third-order valence-electron chi connectivity index (χ3n) is 3.93. The third-order valence-corrected chi connectivity index (χ3v) is 6.71. The van der Waals surface area contributed by atoms with Crippen molar-refractivity contribution in [2.75, 3.05) is 11.3 Å². The Labute approximate surface area is 162 Å². The Morgan fingerprint density at radius 3 is 2.21 bits per heavy atom. The Kier molecular flexibility index (Phi) is 5.38. The highest BCUT2D eigenvalue weighted by atomic mass is 32.2. The van der Waals surface area contributed by atoms with Gasteiger partial charge in [-0.1, -0.05) is 6.07 Å². The van der Waals surface area contributed by atoms with Crippen LogP contribution in [0.15, 0.2) is 63.3 Å². The molecule has 3 rings (SSSR count). The Bertz CT molecular complexity index is 1140. The van der Waals surface area contributed by atoms with Crippen LogP contribution in [0, 0.1) is 0 Å². The first-order valence-corrected chi connectivity index (χ1v) is 11.2. The summed E-state index contributed by atoms with van der Waals surface area (Å²) in [7, 11) is -7.90. The lowest BCUT2D eigenvalue weighted by Gasteiger charge is -2.11. The first kappa shape index (κ1) is 19.8. The molecule has 0 saturated heterocycles. The summed E-state index contributed by atoms with van der Waals surface area (Å²) in [4.78, 5) is 14.7. The van der Waals surface area contributed by atoms with Crippen LogP contribution in [-0.4, -0.2) is 40.3 Å². The van der Waals surface area contributed by atoms with E-state index in [9.17, 15) is 21.6 Å². The number of carboxylic acids is 1. The topological polar surface area (TPSA) is 142 Å². The summed E-state index contributed by atoms with van der Waals surface area (Å²) < 4.78 is 54.6. The molecule has 9 nitrogen and oxygen atoms in total. The molecule has 0 aromatic heterocycles. The zero-order valence-corrected chi connectivity index (χ0v) is 16.1. The summed E-state index contributed by atoms with van der Waals surface area (Å²) in [5.74, 6) is -0.793. The normalized spacial score (nSPS) is 14.4. The average Bonchev–Trinajstić information content (AvgIpc) is 3.14. The summed E-state index contributed by atoms with van der Waals surface area (Å²) in [5, 5.41) is 8.89. The van der Waals surface area contributed by atoms with Gasteiger partial charge in [0.2, 0.25) is 0 Å². The highest BCUT2D eigenvalue weighted by Crippen LogP contribution is 2.20. The van der Waals surface area contributed by atoms with Crippen LogP contribution >= 0.6 is 0 Å². The van der Waals surface area contributed by atoms with Crippen molar-refractivity contribution in [1.29, 1.82) is 0 Å². The van der Waals surface area contributed by atoms with Crippen LogP contribution in [0.3, 0.4) is 0 Å². The minimum absolute atomic E-state index is 0.0482. The number of aromatic carboxylic acids is 1. The van der Waals surface area contributed by atoms with Crippen molar-refractivity contribution in [3.8, 4) is 0 Å². The molecule has 0 spiro atoms. The summed E-state index contributed by atoms with van der Waals surface area (Å²) in [6.07, 6.45) is 1.32. The number of carbonyl (C=O) groups is 1. The summed E-state index contributed by atoms with van der Waals surface area (Å²) >= 11 is 0. The van der Waals surface area contributed by atoms with Crippen molar-refractivity contribution in [3.63, 3.8) is 0 Å². The zero-order chi connectivity index (χ0) is 20.4. The van der Waals surface area contributed by atoms with E-state index in [1.807, 2.05) is 0 Å². The van der Waals surface area contributed by atoms with Gasteiger partial charge in [-0.05, 0) is 48.9 Å². The predicted octanol–water partition coefficient (Wildman–Crippen LogP) is 1.66. The van der Waals surface area contributed by atoms with Gasteiger partial charge in [0.1, 0.15) is 5.84 Å². The van der Waals surface area contributed by atoms with Gasteiger partial charge in [-0.3, -0.25) is 14.4 Å². The first-order valence-electron chi connectivity index (χ1n) is 8.20. The number of hydrogen-bond donors (Lipinski definition) is 3. The Morgan fingerprint density at radius 2 is 1.61 bits per heavy atom. The van der Waals surface area contributed by atoms with Gasteiger partial charge >= 0.3 is 5.97 Å². The number of rotatable bonds is 6. The molecule has 1 heterocycles. The van der Waals surface area contributed by atoms with Gasteiger partial charge in [-0.25, -0.2) is 21.6 Å². The average molecular weight is 423 g/mol. The molecule has 28 heavy (non-hydrogen) atoms. The Hall–Kier alpha value is -2.92. The van der Waals surface area contributed by atoms with E-state index in [1.54, 1.807) is 0 Å². The van der Waals surface area contributed by atoms with Crippen molar-refractivity contribution < 1.29 is 26.7 Å². The molecule has 11 heteroatoms. The predicted molar refractivity (Wildman–Crippen MR) is 103 cm³/mol. The molecule has 1 aliphatic rings. The number of nitrogens with zero attached hydrogens (tertiary/aromatic N) is 1. The number of benzene rings is 2. The maximum atomic E-state index is 12.5. The van der Waals surface area contributed by atoms with Gasteiger partial charge in [0, 0.05) is 13.0 Å². The first-order chi connectivity index (χ1) is 13.2. The second-order valence-electron chi connectivity index (χ2n) is 6.00. The van der Waals surface area contributed by atoms with E-state index in [-0.39, 0.29) is 21.0 Å². The van der Waals surface area contributed by atoms with Crippen LogP contribution in [0.2, 0.25) is 0 Å². The fourth-order valence-corrected chi connectivity index (χ4v) is 4.74. The van der Waals surface area contributed by atoms with Gasteiger partial charge in [-0.15, -0.1) is 0 Å². The fraction of sp³-hybridized carbons (Fsp3) is 0.176. The number of nitrogens with one attached hydrogen (secondary N) is 2. The Balaban J connectivity index is 1.82. The lowest BCUT2D eigenvalue weighted by Crippen LogP contribution is -2.29. The summed E-state index contributed by atoms with van der Waals surface area (Å²) in [6.45, 7) is 0.568. The van der Waals surface area contributed by atoms with Crippen molar-refractivity contribution in [2.45, 2.75) is 22.6 Å². The monoisotopic (exact) mass is 423 g/mol. The van der Waals surface area contributed by atoms with Crippen LogP contribution in [0.1, 0.15) is 23.2 Å².